The Kier molecular flexibility index (Phi) is 23.6. The fourth-order valence-electron chi connectivity index (χ4n) is 6.07. The summed E-state index contributed by atoms with van der Waals surface area (Å²) < 4.78 is 2.60. The molecule has 1 N–H and O–H groups in total. The van der Waals surface area contributed by atoms with Crippen molar-refractivity contribution in [3.05, 3.63) is 18.2 Å². The molecule has 2 nitrogen and oxygen atoms in total. The molecular weight excluding hydrogens is 448 g/mol. The standard InChI is InChI=1S/C35H68N2/c1-5-8-11-13-15-16-17-18-19-20-22-24-27-30-34(29-26-23-21-14-12-9-6-2)35-36-31-32-37(35)33(4)28-25-10-7-3/h31-34H,5-30H2,1-4H3/p+1. The number of unbranched alkanes of at least 4 members (excludes halogenated alkanes) is 20. The van der Waals surface area contributed by atoms with Crippen molar-refractivity contribution in [1.29, 1.82) is 0 Å². The third-order valence-corrected chi connectivity index (χ3v) is 8.64. The van der Waals surface area contributed by atoms with Crippen LogP contribution in [0.3, 0.4) is 0 Å². The number of aromatic amines is 1. The highest BCUT2D eigenvalue weighted by molar-refractivity contribution is 4.90. The van der Waals surface area contributed by atoms with Gasteiger partial charge in [-0.3, -0.25) is 0 Å². The zero-order valence-electron chi connectivity index (χ0n) is 26.1. The van der Waals surface area contributed by atoms with Crippen LogP contribution in [0.2, 0.25) is 0 Å². The SMILES string of the molecule is CCCCCCCCCCCCCCCC(CCCCCCCCC)c1[nH]cc[n+]1C(C)CCCCC. The quantitative estimate of drug-likeness (QED) is 0.0842. The van der Waals surface area contributed by atoms with Gasteiger partial charge in [-0.15, -0.1) is 0 Å². The third kappa shape index (κ3) is 18.2. The maximum absolute atomic E-state index is 3.71. The molecule has 0 amide bonds. The molecule has 0 aliphatic heterocycles. The summed E-state index contributed by atoms with van der Waals surface area (Å²) in [7, 11) is 0. The maximum atomic E-state index is 3.71. The van der Waals surface area contributed by atoms with E-state index in [1.165, 1.54) is 173 Å². The van der Waals surface area contributed by atoms with E-state index >= 15 is 0 Å². The normalized spacial score (nSPS) is 13.3. The van der Waals surface area contributed by atoms with E-state index < -0.39 is 0 Å². The van der Waals surface area contributed by atoms with Crippen molar-refractivity contribution in [2.45, 2.75) is 207 Å². The van der Waals surface area contributed by atoms with Crippen molar-refractivity contribution < 1.29 is 4.57 Å². The van der Waals surface area contributed by atoms with Crippen LogP contribution < -0.4 is 4.57 Å². The van der Waals surface area contributed by atoms with E-state index in [-0.39, 0.29) is 0 Å². The van der Waals surface area contributed by atoms with Crippen LogP contribution in [0, 0.1) is 0 Å². The number of nitrogens with zero attached hydrogens (tertiary/aromatic N) is 1. The molecule has 2 heteroatoms. The maximum Gasteiger partial charge on any atom is 0.257 e. The van der Waals surface area contributed by atoms with Gasteiger partial charge < -0.3 is 0 Å². The highest BCUT2D eigenvalue weighted by Gasteiger charge is 2.25. The highest BCUT2D eigenvalue weighted by Crippen LogP contribution is 2.27. The first-order chi connectivity index (χ1) is 18.2. The number of rotatable bonds is 28. The van der Waals surface area contributed by atoms with Crippen molar-refractivity contribution in [3.63, 3.8) is 0 Å². The first-order valence-electron chi connectivity index (χ1n) is 17.3. The molecule has 0 aliphatic carbocycles. The Morgan fingerprint density at radius 3 is 1.30 bits per heavy atom. The second-order valence-corrected chi connectivity index (χ2v) is 12.2. The van der Waals surface area contributed by atoms with Crippen LogP contribution in [0.4, 0.5) is 0 Å². The fourth-order valence-corrected chi connectivity index (χ4v) is 6.07. The van der Waals surface area contributed by atoms with Gasteiger partial charge in [0.05, 0.1) is 12.0 Å². The predicted molar refractivity (Wildman–Crippen MR) is 166 cm³/mol. The summed E-state index contributed by atoms with van der Waals surface area (Å²) in [5.74, 6) is 2.24. The molecule has 0 bridgehead atoms. The number of nitrogens with one attached hydrogen (secondary N) is 1. The lowest BCUT2D eigenvalue weighted by atomic mass is 9.92. The van der Waals surface area contributed by atoms with Gasteiger partial charge in [0, 0.05) is 0 Å². The monoisotopic (exact) mass is 518 g/mol. The summed E-state index contributed by atoms with van der Waals surface area (Å²) in [4.78, 5) is 3.71. The smallest absolute Gasteiger partial charge is 0.247 e. The molecule has 0 fully saturated rings. The lowest BCUT2D eigenvalue weighted by Gasteiger charge is -2.17. The van der Waals surface area contributed by atoms with Crippen LogP contribution in [0.25, 0.3) is 0 Å². The number of hydrogen-bond acceptors (Lipinski definition) is 0. The van der Waals surface area contributed by atoms with Crippen LogP contribution >= 0.6 is 0 Å². The Bertz CT molecular complexity index is 578. The van der Waals surface area contributed by atoms with Gasteiger partial charge in [-0.05, 0) is 32.6 Å². The van der Waals surface area contributed by atoms with Gasteiger partial charge in [0.15, 0.2) is 0 Å². The second-order valence-electron chi connectivity index (χ2n) is 12.2. The first-order valence-corrected chi connectivity index (χ1v) is 17.3. The molecule has 0 saturated carbocycles. The third-order valence-electron chi connectivity index (χ3n) is 8.64. The summed E-state index contributed by atoms with van der Waals surface area (Å²) in [5.41, 5.74) is 0. The minimum atomic E-state index is 0.621. The molecule has 1 aromatic heterocycles. The van der Waals surface area contributed by atoms with Crippen LogP contribution in [0.15, 0.2) is 12.4 Å². The zero-order chi connectivity index (χ0) is 26.8. The number of hydrogen-bond donors (Lipinski definition) is 1. The summed E-state index contributed by atoms with van der Waals surface area (Å²) >= 11 is 0. The van der Waals surface area contributed by atoms with E-state index in [4.69, 9.17) is 0 Å². The molecular formula is C35H69N2+. The number of H-pyrrole nitrogens is 1. The molecule has 0 aliphatic rings. The molecule has 218 valence electrons. The predicted octanol–water partition coefficient (Wildman–Crippen LogP) is 12.1. The average Bonchev–Trinajstić information content (AvgIpc) is 3.39. The van der Waals surface area contributed by atoms with Crippen LogP contribution in [0.5, 0.6) is 0 Å². The molecule has 1 rings (SSSR count). The van der Waals surface area contributed by atoms with Gasteiger partial charge in [-0.2, -0.15) is 0 Å². The van der Waals surface area contributed by atoms with E-state index in [2.05, 4.69) is 49.6 Å². The number of imidazole rings is 1. The zero-order valence-corrected chi connectivity index (χ0v) is 26.1. The van der Waals surface area contributed by atoms with Gasteiger partial charge in [0.1, 0.15) is 12.4 Å². The minimum absolute atomic E-state index is 0.621. The van der Waals surface area contributed by atoms with Gasteiger partial charge in [-0.25, -0.2) is 9.55 Å². The molecule has 2 atom stereocenters. The summed E-state index contributed by atoms with van der Waals surface area (Å²) in [5, 5.41) is 0. The van der Waals surface area contributed by atoms with Gasteiger partial charge in [0.25, 0.3) is 5.82 Å². The average molecular weight is 518 g/mol. The summed E-state index contributed by atoms with van der Waals surface area (Å²) in [6, 6.07) is 0.621. The van der Waals surface area contributed by atoms with E-state index in [0.717, 1.165) is 0 Å². The summed E-state index contributed by atoms with van der Waals surface area (Å²) in [6.45, 7) is 9.37. The Morgan fingerprint density at radius 2 is 0.865 bits per heavy atom. The van der Waals surface area contributed by atoms with E-state index in [1.54, 1.807) is 0 Å². The molecule has 0 spiro atoms. The van der Waals surface area contributed by atoms with Crippen molar-refractivity contribution in [3.8, 4) is 0 Å². The molecule has 1 heterocycles. The molecule has 0 aromatic carbocycles. The van der Waals surface area contributed by atoms with E-state index in [0.29, 0.717) is 12.0 Å². The lowest BCUT2D eigenvalue weighted by molar-refractivity contribution is -0.727. The van der Waals surface area contributed by atoms with Crippen LogP contribution in [0.1, 0.15) is 212 Å². The Hall–Kier alpha value is -0.790. The molecule has 0 saturated heterocycles. The van der Waals surface area contributed by atoms with Gasteiger partial charge in [0.2, 0.25) is 0 Å². The topological polar surface area (TPSA) is 19.7 Å². The van der Waals surface area contributed by atoms with Crippen LogP contribution in [-0.2, 0) is 0 Å². The van der Waals surface area contributed by atoms with Crippen molar-refractivity contribution in [1.82, 2.24) is 4.98 Å². The van der Waals surface area contributed by atoms with Crippen LogP contribution in [-0.4, -0.2) is 4.98 Å². The Labute approximate surface area is 234 Å². The Morgan fingerprint density at radius 1 is 0.514 bits per heavy atom. The largest absolute Gasteiger partial charge is 0.257 e. The highest BCUT2D eigenvalue weighted by atomic mass is 15.1. The van der Waals surface area contributed by atoms with Crippen molar-refractivity contribution >= 4 is 0 Å². The van der Waals surface area contributed by atoms with E-state index in [1.807, 2.05) is 0 Å². The first kappa shape index (κ1) is 34.2. The van der Waals surface area contributed by atoms with Gasteiger partial charge >= 0.3 is 0 Å². The Balaban J connectivity index is 2.36. The number of aromatic nitrogens is 2. The van der Waals surface area contributed by atoms with Crippen molar-refractivity contribution in [2.75, 3.05) is 0 Å². The molecule has 0 radical (unpaired) electrons. The summed E-state index contributed by atoms with van der Waals surface area (Å²) in [6.07, 6.45) is 41.3. The van der Waals surface area contributed by atoms with Crippen molar-refractivity contribution in [2.24, 2.45) is 0 Å². The lowest BCUT2D eigenvalue weighted by Crippen LogP contribution is -2.41. The molecule has 37 heavy (non-hydrogen) atoms. The fraction of sp³-hybridized carbons (Fsp3) is 0.914. The van der Waals surface area contributed by atoms with Gasteiger partial charge in [-0.1, -0.05) is 162 Å². The minimum Gasteiger partial charge on any atom is -0.247 e. The van der Waals surface area contributed by atoms with E-state index in [9.17, 15) is 0 Å². The molecule has 1 aromatic rings. The second kappa shape index (κ2) is 25.5. The molecule has 2 unspecified atom stereocenters.